The molecule has 0 saturated heterocycles. The number of aromatic nitrogens is 3. The second-order valence-electron chi connectivity index (χ2n) is 6.43. The summed E-state index contributed by atoms with van der Waals surface area (Å²) in [7, 11) is 0. The van der Waals surface area contributed by atoms with Gasteiger partial charge in [-0.25, -0.2) is 4.98 Å². The Labute approximate surface area is 145 Å². The largest absolute Gasteiger partial charge is 0.461 e. The van der Waals surface area contributed by atoms with Gasteiger partial charge in [-0.15, -0.1) is 0 Å². The summed E-state index contributed by atoms with van der Waals surface area (Å²) in [5.74, 6) is 2.47. The number of benzene rings is 1. The van der Waals surface area contributed by atoms with Gasteiger partial charge in [-0.1, -0.05) is 24.3 Å². The van der Waals surface area contributed by atoms with E-state index in [0.29, 0.717) is 30.5 Å². The third kappa shape index (κ3) is 3.33. The van der Waals surface area contributed by atoms with Crippen molar-refractivity contribution in [3.05, 3.63) is 59.6 Å². The molecule has 1 aliphatic rings. The molecule has 1 fully saturated rings. The number of rotatable bonds is 6. The molecule has 2 aromatic heterocycles. The molecule has 6 heteroatoms. The predicted molar refractivity (Wildman–Crippen MR) is 92.8 cm³/mol. The molecule has 3 aromatic rings. The number of furan rings is 1. The Morgan fingerprint density at radius 3 is 3.00 bits per heavy atom. The first kappa shape index (κ1) is 15.6. The number of amides is 1. The summed E-state index contributed by atoms with van der Waals surface area (Å²) in [4.78, 5) is 16.7. The first-order chi connectivity index (χ1) is 12.2. The predicted octanol–water partition coefficient (Wildman–Crippen LogP) is 2.84. The van der Waals surface area contributed by atoms with Crippen molar-refractivity contribution >= 4 is 5.91 Å². The lowest BCUT2D eigenvalue weighted by Crippen LogP contribution is -2.27. The summed E-state index contributed by atoms with van der Waals surface area (Å²) >= 11 is 0. The van der Waals surface area contributed by atoms with Crippen molar-refractivity contribution in [1.82, 2.24) is 20.5 Å². The topological polar surface area (TPSA) is 83.8 Å². The molecule has 128 valence electrons. The van der Waals surface area contributed by atoms with Crippen molar-refractivity contribution < 1.29 is 9.21 Å². The number of aromatic amines is 1. The molecule has 1 amide bonds. The molecule has 0 radical (unpaired) electrons. The van der Waals surface area contributed by atoms with Gasteiger partial charge in [0.25, 0.3) is 0 Å². The molecule has 0 unspecified atom stereocenters. The van der Waals surface area contributed by atoms with Crippen LogP contribution in [0.2, 0.25) is 0 Å². The molecule has 1 aromatic carbocycles. The lowest BCUT2D eigenvalue weighted by molar-refractivity contribution is -0.122. The summed E-state index contributed by atoms with van der Waals surface area (Å²) in [5.41, 5.74) is 2.55. The second kappa shape index (κ2) is 6.55. The molecule has 1 saturated carbocycles. The second-order valence-corrected chi connectivity index (χ2v) is 6.43. The van der Waals surface area contributed by atoms with E-state index in [2.05, 4.69) is 39.6 Å². The van der Waals surface area contributed by atoms with E-state index in [1.165, 1.54) is 11.1 Å². The van der Waals surface area contributed by atoms with Gasteiger partial charge in [-0.2, -0.15) is 5.10 Å². The van der Waals surface area contributed by atoms with Crippen LogP contribution in [-0.2, 0) is 11.2 Å². The number of H-pyrrole nitrogens is 1. The summed E-state index contributed by atoms with van der Waals surface area (Å²) in [6, 6.07) is 11.9. The standard InChI is InChI=1S/C19H20N4O2/c1-12-5-2-3-6-13(12)14-11-15(14)19(24)20-9-8-17-21-18(23-22-17)16-7-4-10-25-16/h2-7,10,14-15H,8-9,11H2,1H3,(H,20,24)(H,21,22,23)/t14-,15+/m0/s1. The van der Waals surface area contributed by atoms with Gasteiger partial charge >= 0.3 is 0 Å². The summed E-state index contributed by atoms with van der Waals surface area (Å²) in [6.07, 6.45) is 3.13. The normalized spacial score (nSPS) is 18.9. The molecule has 4 rings (SSSR count). The van der Waals surface area contributed by atoms with E-state index >= 15 is 0 Å². The van der Waals surface area contributed by atoms with E-state index in [9.17, 15) is 4.79 Å². The number of hydrogen-bond acceptors (Lipinski definition) is 4. The van der Waals surface area contributed by atoms with E-state index in [1.807, 2.05) is 18.2 Å². The molecule has 1 aliphatic carbocycles. The summed E-state index contributed by atoms with van der Waals surface area (Å²) < 4.78 is 5.26. The fourth-order valence-corrected chi connectivity index (χ4v) is 3.19. The van der Waals surface area contributed by atoms with Crippen molar-refractivity contribution in [2.45, 2.75) is 25.7 Å². The van der Waals surface area contributed by atoms with Crippen LogP contribution < -0.4 is 5.32 Å². The van der Waals surface area contributed by atoms with Gasteiger partial charge in [-0.3, -0.25) is 9.89 Å². The van der Waals surface area contributed by atoms with Crippen molar-refractivity contribution in [2.75, 3.05) is 6.54 Å². The maximum atomic E-state index is 12.3. The average molecular weight is 336 g/mol. The highest BCUT2D eigenvalue weighted by Crippen LogP contribution is 2.48. The van der Waals surface area contributed by atoms with Crippen LogP contribution in [0.25, 0.3) is 11.6 Å². The van der Waals surface area contributed by atoms with Gasteiger partial charge in [0.1, 0.15) is 5.82 Å². The molecule has 0 bridgehead atoms. The zero-order chi connectivity index (χ0) is 17.2. The highest BCUT2D eigenvalue weighted by atomic mass is 16.3. The minimum atomic E-state index is 0.0921. The highest BCUT2D eigenvalue weighted by Gasteiger charge is 2.44. The van der Waals surface area contributed by atoms with Crippen LogP contribution >= 0.6 is 0 Å². The van der Waals surface area contributed by atoms with Gasteiger partial charge in [0.2, 0.25) is 11.7 Å². The summed E-state index contributed by atoms with van der Waals surface area (Å²) in [6.45, 7) is 2.64. The Hall–Kier alpha value is -2.89. The first-order valence-corrected chi connectivity index (χ1v) is 8.51. The van der Waals surface area contributed by atoms with Crippen LogP contribution in [0.15, 0.2) is 47.1 Å². The van der Waals surface area contributed by atoms with E-state index in [-0.39, 0.29) is 11.8 Å². The number of nitrogens with one attached hydrogen (secondary N) is 2. The molecule has 25 heavy (non-hydrogen) atoms. The number of hydrogen-bond donors (Lipinski definition) is 2. The molecule has 0 spiro atoms. The van der Waals surface area contributed by atoms with E-state index < -0.39 is 0 Å². The van der Waals surface area contributed by atoms with Gasteiger partial charge in [0.05, 0.1) is 6.26 Å². The Morgan fingerprint density at radius 1 is 1.32 bits per heavy atom. The molecular weight excluding hydrogens is 316 g/mol. The van der Waals surface area contributed by atoms with Gasteiger partial charge in [0, 0.05) is 18.9 Å². The third-order valence-corrected chi connectivity index (χ3v) is 4.65. The number of carbonyl (C=O) groups excluding carboxylic acids is 1. The van der Waals surface area contributed by atoms with Crippen molar-refractivity contribution in [2.24, 2.45) is 5.92 Å². The average Bonchev–Trinajstić information content (AvgIpc) is 3.00. The summed E-state index contributed by atoms with van der Waals surface area (Å²) in [5, 5.41) is 10.0. The zero-order valence-electron chi connectivity index (χ0n) is 14.0. The Kier molecular flexibility index (Phi) is 4.09. The maximum Gasteiger partial charge on any atom is 0.223 e. The lowest BCUT2D eigenvalue weighted by atomic mass is 10.0. The van der Waals surface area contributed by atoms with Crippen LogP contribution in [0.3, 0.4) is 0 Å². The smallest absolute Gasteiger partial charge is 0.223 e. The fraction of sp³-hybridized carbons (Fsp3) is 0.316. The minimum Gasteiger partial charge on any atom is -0.461 e. The van der Waals surface area contributed by atoms with Gasteiger partial charge < -0.3 is 9.73 Å². The number of nitrogens with zero attached hydrogens (tertiary/aromatic N) is 2. The molecule has 2 N–H and O–H groups in total. The fourth-order valence-electron chi connectivity index (χ4n) is 3.19. The molecule has 2 heterocycles. The molecule has 0 aliphatic heterocycles. The molecular formula is C19H20N4O2. The first-order valence-electron chi connectivity index (χ1n) is 8.51. The Bertz CT molecular complexity index is 869. The highest BCUT2D eigenvalue weighted by molar-refractivity contribution is 5.83. The SMILES string of the molecule is Cc1ccccc1[C@@H]1C[C@H]1C(=O)NCCc1nc(-c2ccco2)n[nH]1. The van der Waals surface area contributed by atoms with Crippen molar-refractivity contribution in [3.63, 3.8) is 0 Å². The lowest BCUT2D eigenvalue weighted by Gasteiger charge is -2.06. The van der Waals surface area contributed by atoms with E-state index in [0.717, 1.165) is 12.2 Å². The minimum absolute atomic E-state index is 0.0921. The van der Waals surface area contributed by atoms with E-state index in [1.54, 1.807) is 12.3 Å². The van der Waals surface area contributed by atoms with Gasteiger partial charge in [0.15, 0.2) is 5.76 Å². The Morgan fingerprint density at radius 2 is 2.20 bits per heavy atom. The van der Waals surface area contributed by atoms with Crippen LogP contribution in [-0.4, -0.2) is 27.6 Å². The molecule has 2 atom stereocenters. The van der Waals surface area contributed by atoms with Crippen molar-refractivity contribution in [3.8, 4) is 11.6 Å². The zero-order valence-corrected chi connectivity index (χ0v) is 14.0. The van der Waals surface area contributed by atoms with Crippen LogP contribution in [0.1, 0.15) is 29.3 Å². The number of carbonyl (C=O) groups is 1. The van der Waals surface area contributed by atoms with Crippen LogP contribution in [0.4, 0.5) is 0 Å². The Balaban J connectivity index is 1.27. The number of aryl methyl sites for hydroxylation is 1. The third-order valence-electron chi connectivity index (χ3n) is 4.65. The van der Waals surface area contributed by atoms with E-state index in [4.69, 9.17) is 4.42 Å². The van der Waals surface area contributed by atoms with Crippen LogP contribution in [0.5, 0.6) is 0 Å². The van der Waals surface area contributed by atoms with Crippen LogP contribution in [0, 0.1) is 12.8 Å². The quantitative estimate of drug-likeness (QED) is 0.725. The monoisotopic (exact) mass is 336 g/mol. The molecule has 6 nitrogen and oxygen atoms in total. The van der Waals surface area contributed by atoms with Crippen molar-refractivity contribution in [1.29, 1.82) is 0 Å². The van der Waals surface area contributed by atoms with Gasteiger partial charge in [-0.05, 0) is 42.5 Å². The maximum absolute atomic E-state index is 12.3.